The van der Waals surface area contributed by atoms with Crippen LogP contribution in [0.25, 0.3) is 0 Å². The number of nitrogens with one attached hydrogen (secondary N) is 1. The standard InChI is InChI=1S/C16H15ClNO/c1-12(10-13-6-3-2-4-7-13)16(19)18-15-9-5-8-14(17)11-15/h2-9,11-12H,1,10H2,(H,18,19)/t12-/m0/s1. The number of hydrogen-bond acceptors (Lipinski definition) is 1. The van der Waals surface area contributed by atoms with Crippen LogP contribution in [0, 0.1) is 12.8 Å². The van der Waals surface area contributed by atoms with Crippen LogP contribution in [-0.4, -0.2) is 5.91 Å². The van der Waals surface area contributed by atoms with Gasteiger partial charge in [-0.05, 0) is 37.1 Å². The second kappa shape index (κ2) is 6.39. The molecule has 0 spiro atoms. The molecule has 1 atom stereocenters. The van der Waals surface area contributed by atoms with E-state index in [2.05, 4.69) is 12.2 Å². The third-order valence-corrected chi connectivity index (χ3v) is 3.02. The van der Waals surface area contributed by atoms with E-state index in [0.717, 1.165) is 5.56 Å². The van der Waals surface area contributed by atoms with Crippen molar-refractivity contribution < 1.29 is 4.79 Å². The minimum Gasteiger partial charge on any atom is -0.326 e. The summed E-state index contributed by atoms with van der Waals surface area (Å²) >= 11 is 5.87. The molecule has 19 heavy (non-hydrogen) atoms. The van der Waals surface area contributed by atoms with Crippen LogP contribution in [0.2, 0.25) is 5.02 Å². The fraction of sp³-hybridized carbons (Fsp3) is 0.125. The highest BCUT2D eigenvalue weighted by molar-refractivity contribution is 6.30. The smallest absolute Gasteiger partial charge is 0.227 e. The highest BCUT2D eigenvalue weighted by Crippen LogP contribution is 2.16. The molecule has 0 saturated carbocycles. The normalized spacial score (nSPS) is 11.9. The molecular weight excluding hydrogens is 258 g/mol. The van der Waals surface area contributed by atoms with Crippen LogP contribution in [0.5, 0.6) is 0 Å². The summed E-state index contributed by atoms with van der Waals surface area (Å²) in [7, 11) is 0. The first kappa shape index (κ1) is 13.6. The minimum absolute atomic E-state index is 0.105. The fourth-order valence-corrected chi connectivity index (χ4v) is 1.99. The van der Waals surface area contributed by atoms with Gasteiger partial charge in [-0.1, -0.05) is 48.0 Å². The molecule has 1 amide bonds. The van der Waals surface area contributed by atoms with Crippen LogP contribution in [-0.2, 0) is 11.2 Å². The molecule has 2 rings (SSSR count). The summed E-state index contributed by atoms with van der Waals surface area (Å²) in [6.07, 6.45) is 0.618. The van der Waals surface area contributed by atoms with Gasteiger partial charge in [0.1, 0.15) is 0 Å². The summed E-state index contributed by atoms with van der Waals surface area (Å²) < 4.78 is 0. The number of halogens is 1. The predicted molar refractivity (Wildman–Crippen MR) is 79.1 cm³/mol. The van der Waals surface area contributed by atoms with E-state index in [1.807, 2.05) is 30.3 Å². The van der Waals surface area contributed by atoms with Gasteiger partial charge in [0.2, 0.25) is 5.91 Å². The highest BCUT2D eigenvalue weighted by atomic mass is 35.5. The van der Waals surface area contributed by atoms with Gasteiger partial charge in [-0.2, -0.15) is 0 Å². The molecule has 3 heteroatoms. The predicted octanol–water partition coefficient (Wildman–Crippen LogP) is 3.97. The van der Waals surface area contributed by atoms with Gasteiger partial charge in [0, 0.05) is 16.6 Å². The molecule has 0 heterocycles. The molecule has 0 fully saturated rings. The summed E-state index contributed by atoms with van der Waals surface area (Å²) in [6, 6.07) is 16.9. The van der Waals surface area contributed by atoms with Crippen molar-refractivity contribution in [3.8, 4) is 0 Å². The van der Waals surface area contributed by atoms with Crippen molar-refractivity contribution in [2.75, 3.05) is 5.32 Å². The maximum atomic E-state index is 12.0. The molecule has 0 unspecified atom stereocenters. The highest BCUT2D eigenvalue weighted by Gasteiger charge is 2.13. The molecule has 0 aliphatic heterocycles. The largest absolute Gasteiger partial charge is 0.326 e. The molecule has 0 aliphatic rings. The van der Waals surface area contributed by atoms with Crippen molar-refractivity contribution in [2.45, 2.75) is 6.42 Å². The number of carbonyl (C=O) groups is 1. The van der Waals surface area contributed by atoms with Gasteiger partial charge in [0.15, 0.2) is 0 Å². The lowest BCUT2D eigenvalue weighted by Crippen LogP contribution is -2.22. The molecule has 0 aliphatic carbocycles. The SMILES string of the molecule is [CH2][C@@H](Cc1ccccc1)C(=O)Nc1cccc(Cl)c1. The molecule has 0 saturated heterocycles. The van der Waals surface area contributed by atoms with Gasteiger partial charge in [-0.15, -0.1) is 0 Å². The summed E-state index contributed by atoms with van der Waals surface area (Å²) in [5.74, 6) is -0.437. The summed E-state index contributed by atoms with van der Waals surface area (Å²) in [5, 5.41) is 3.42. The Morgan fingerprint density at radius 1 is 1.16 bits per heavy atom. The van der Waals surface area contributed by atoms with Crippen LogP contribution in [0.1, 0.15) is 5.56 Å². The first-order valence-corrected chi connectivity index (χ1v) is 6.46. The lowest BCUT2D eigenvalue weighted by Gasteiger charge is -2.12. The van der Waals surface area contributed by atoms with Crippen molar-refractivity contribution in [2.24, 2.45) is 5.92 Å². The fourth-order valence-electron chi connectivity index (χ4n) is 1.80. The van der Waals surface area contributed by atoms with Gasteiger partial charge in [0.05, 0.1) is 0 Å². The van der Waals surface area contributed by atoms with E-state index in [4.69, 9.17) is 11.6 Å². The van der Waals surface area contributed by atoms with Gasteiger partial charge >= 0.3 is 0 Å². The van der Waals surface area contributed by atoms with E-state index in [1.54, 1.807) is 24.3 Å². The average molecular weight is 273 g/mol. The maximum Gasteiger partial charge on any atom is 0.227 e. The van der Waals surface area contributed by atoms with Crippen molar-refractivity contribution in [1.82, 2.24) is 0 Å². The summed E-state index contributed by atoms with van der Waals surface area (Å²) in [4.78, 5) is 12.0. The zero-order chi connectivity index (χ0) is 13.7. The van der Waals surface area contributed by atoms with E-state index in [0.29, 0.717) is 17.1 Å². The average Bonchev–Trinajstić information content (AvgIpc) is 2.40. The Labute approximate surface area is 118 Å². The monoisotopic (exact) mass is 272 g/mol. The first-order chi connectivity index (χ1) is 9.15. The molecule has 2 nitrogen and oxygen atoms in total. The van der Waals surface area contributed by atoms with Crippen molar-refractivity contribution in [1.29, 1.82) is 0 Å². The number of benzene rings is 2. The third kappa shape index (κ3) is 4.11. The molecule has 0 aromatic heterocycles. The molecule has 2 aromatic rings. The van der Waals surface area contributed by atoms with E-state index in [1.165, 1.54) is 0 Å². The Hall–Kier alpha value is -1.80. The quantitative estimate of drug-likeness (QED) is 0.896. The minimum atomic E-state index is -0.332. The molecule has 0 bridgehead atoms. The first-order valence-electron chi connectivity index (χ1n) is 6.08. The van der Waals surface area contributed by atoms with Crippen molar-refractivity contribution >= 4 is 23.2 Å². The zero-order valence-electron chi connectivity index (χ0n) is 10.5. The third-order valence-electron chi connectivity index (χ3n) is 2.79. The molecule has 2 aromatic carbocycles. The van der Waals surface area contributed by atoms with Crippen LogP contribution in [0.15, 0.2) is 54.6 Å². The van der Waals surface area contributed by atoms with Gasteiger partial charge in [-0.25, -0.2) is 0 Å². The number of carbonyl (C=O) groups excluding carboxylic acids is 1. The van der Waals surface area contributed by atoms with Gasteiger partial charge in [-0.3, -0.25) is 4.79 Å². The number of rotatable bonds is 4. The Balaban J connectivity index is 1.96. The molecular formula is C16H15ClNO. The van der Waals surface area contributed by atoms with Crippen molar-refractivity contribution in [3.05, 3.63) is 72.1 Å². The van der Waals surface area contributed by atoms with Crippen molar-refractivity contribution in [3.63, 3.8) is 0 Å². The Bertz CT molecular complexity index is 554. The van der Waals surface area contributed by atoms with Crippen LogP contribution in [0.4, 0.5) is 5.69 Å². The van der Waals surface area contributed by atoms with E-state index < -0.39 is 0 Å². The summed E-state index contributed by atoms with van der Waals surface area (Å²) in [6.45, 7) is 3.91. The Kier molecular flexibility index (Phi) is 4.58. The van der Waals surface area contributed by atoms with E-state index >= 15 is 0 Å². The Morgan fingerprint density at radius 3 is 2.58 bits per heavy atom. The topological polar surface area (TPSA) is 29.1 Å². The van der Waals surface area contributed by atoms with E-state index in [-0.39, 0.29) is 11.8 Å². The Morgan fingerprint density at radius 2 is 1.89 bits per heavy atom. The molecule has 1 N–H and O–H groups in total. The lowest BCUT2D eigenvalue weighted by atomic mass is 10.0. The maximum absolute atomic E-state index is 12.0. The zero-order valence-corrected chi connectivity index (χ0v) is 11.2. The number of amides is 1. The van der Waals surface area contributed by atoms with Gasteiger partial charge < -0.3 is 5.32 Å². The number of hydrogen-bond donors (Lipinski definition) is 1. The van der Waals surface area contributed by atoms with Gasteiger partial charge in [0.25, 0.3) is 0 Å². The lowest BCUT2D eigenvalue weighted by molar-refractivity contribution is -0.118. The molecule has 97 valence electrons. The van der Waals surface area contributed by atoms with Crippen LogP contribution < -0.4 is 5.32 Å². The second-order valence-electron chi connectivity index (χ2n) is 4.39. The summed E-state index contributed by atoms with van der Waals surface area (Å²) in [5.41, 5.74) is 1.79. The number of anilines is 1. The van der Waals surface area contributed by atoms with Crippen LogP contribution in [0.3, 0.4) is 0 Å². The van der Waals surface area contributed by atoms with Crippen LogP contribution >= 0.6 is 11.6 Å². The molecule has 1 radical (unpaired) electrons. The second-order valence-corrected chi connectivity index (χ2v) is 4.82. The van der Waals surface area contributed by atoms with E-state index in [9.17, 15) is 4.79 Å².